The highest BCUT2D eigenvalue weighted by Gasteiger charge is 2.41. The molecule has 9 heteroatoms. The monoisotopic (exact) mass is 509 g/mol. The molecule has 2 aromatic carbocycles. The molecule has 0 unspecified atom stereocenters. The van der Waals surface area contributed by atoms with Crippen LogP contribution in [0.4, 0.5) is 5.69 Å². The van der Waals surface area contributed by atoms with Gasteiger partial charge in [-0.15, -0.1) is 0 Å². The predicted octanol–water partition coefficient (Wildman–Crippen LogP) is 3.65. The molecule has 190 valence electrons. The van der Waals surface area contributed by atoms with E-state index in [4.69, 9.17) is 4.74 Å². The lowest BCUT2D eigenvalue weighted by atomic mass is 9.85. The molecule has 0 aromatic heterocycles. The summed E-state index contributed by atoms with van der Waals surface area (Å²) in [5, 5.41) is 2.82. The fourth-order valence-electron chi connectivity index (χ4n) is 4.53. The molecule has 2 N–H and O–H groups in total. The first-order valence-corrected chi connectivity index (χ1v) is 13.8. The van der Waals surface area contributed by atoms with Gasteiger partial charge in [0.05, 0.1) is 29.2 Å². The van der Waals surface area contributed by atoms with E-state index in [1.807, 2.05) is 6.92 Å². The van der Waals surface area contributed by atoms with Crippen molar-refractivity contribution < 1.29 is 22.7 Å². The Hall–Kier alpha value is -3.43. The first-order valence-electron chi connectivity index (χ1n) is 12.2. The molecular formula is C27H31N3O5S. The highest BCUT2D eigenvalue weighted by atomic mass is 32.2. The van der Waals surface area contributed by atoms with Crippen molar-refractivity contribution in [3.63, 3.8) is 0 Å². The summed E-state index contributed by atoms with van der Waals surface area (Å²) in [6.07, 6.45) is 0.540. The van der Waals surface area contributed by atoms with Gasteiger partial charge in [0.2, 0.25) is 10.0 Å². The van der Waals surface area contributed by atoms with Gasteiger partial charge < -0.3 is 15.0 Å². The smallest absolute Gasteiger partial charge is 0.260 e. The van der Waals surface area contributed by atoms with Crippen molar-refractivity contribution in [2.24, 2.45) is 0 Å². The van der Waals surface area contributed by atoms with Gasteiger partial charge in [-0.25, -0.2) is 8.42 Å². The third-order valence-corrected chi connectivity index (χ3v) is 7.73. The predicted molar refractivity (Wildman–Crippen MR) is 141 cm³/mol. The van der Waals surface area contributed by atoms with Crippen LogP contribution in [0, 0.1) is 0 Å². The molecule has 1 aliphatic carbocycles. The third-order valence-electron chi connectivity index (χ3n) is 6.35. The second-order valence-electron chi connectivity index (χ2n) is 8.59. The summed E-state index contributed by atoms with van der Waals surface area (Å²) in [7, 11) is -3.50. The zero-order valence-electron chi connectivity index (χ0n) is 20.8. The number of ketones is 1. The van der Waals surface area contributed by atoms with Crippen LogP contribution in [0.1, 0.15) is 48.7 Å². The summed E-state index contributed by atoms with van der Waals surface area (Å²) < 4.78 is 33.5. The van der Waals surface area contributed by atoms with Crippen LogP contribution in [0.3, 0.4) is 0 Å². The number of fused-ring (bicyclic) bond motifs is 2. The lowest BCUT2D eigenvalue weighted by Gasteiger charge is -2.21. The average Bonchev–Trinajstić information content (AvgIpc) is 3.22. The summed E-state index contributed by atoms with van der Waals surface area (Å²) >= 11 is 0. The quantitative estimate of drug-likeness (QED) is 0.479. The first-order chi connectivity index (χ1) is 17.3. The number of benzene rings is 2. The van der Waals surface area contributed by atoms with Gasteiger partial charge in [-0.3, -0.25) is 14.3 Å². The van der Waals surface area contributed by atoms with E-state index >= 15 is 0 Å². The minimum Gasteiger partial charge on any atom is -0.492 e. The normalized spacial score (nSPS) is 15.2. The van der Waals surface area contributed by atoms with E-state index in [0.717, 1.165) is 19.6 Å². The molecule has 36 heavy (non-hydrogen) atoms. The zero-order chi connectivity index (χ0) is 25.9. The van der Waals surface area contributed by atoms with E-state index in [9.17, 15) is 18.0 Å². The van der Waals surface area contributed by atoms with Crippen LogP contribution in [-0.4, -0.2) is 57.0 Å². The zero-order valence-corrected chi connectivity index (χ0v) is 21.6. The van der Waals surface area contributed by atoms with Crippen molar-refractivity contribution in [2.75, 3.05) is 36.7 Å². The maximum atomic E-state index is 13.4. The maximum absolute atomic E-state index is 13.4. The number of hydrogen-bond donors (Lipinski definition) is 2. The highest BCUT2D eigenvalue weighted by Crippen LogP contribution is 2.41. The Balaban J connectivity index is 1.59. The van der Waals surface area contributed by atoms with Crippen LogP contribution in [0.5, 0.6) is 0 Å². The van der Waals surface area contributed by atoms with E-state index in [-0.39, 0.29) is 22.7 Å². The van der Waals surface area contributed by atoms with Gasteiger partial charge in [0.25, 0.3) is 5.91 Å². The van der Waals surface area contributed by atoms with Crippen LogP contribution in [0.15, 0.2) is 59.7 Å². The Bertz CT molecular complexity index is 1340. The standard InChI is InChI=1S/C27H31N3O5S/c1-4-30(5-2)16-9-17-36(33,34)29-19-14-12-18(13-15-19)24-22-23(27(32)28-24)26(35-6-3)21-11-8-7-10-20(21)25(22)31/h7-8,10-15,29H,4-6,9,16-17H2,1-3H3,(H,28,32). The largest absolute Gasteiger partial charge is 0.492 e. The Morgan fingerprint density at radius 1 is 0.917 bits per heavy atom. The van der Waals surface area contributed by atoms with Gasteiger partial charge in [-0.05, 0) is 50.7 Å². The van der Waals surface area contributed by atoms with Gasteiger partial charge in [0.15, 0.2) is 5.78 Å². The number of nitrogens with one attached hydrogen (secondary N) is 2. The topological polar surface area (TPSA) is 105 Å². The van der Waals surface area contributed by atoms with E-state index in [1.165, 1.54) is 0 Å². The fraction of sp³-hybridized carbons (Fsp3) is 0.333. The number of nitrogens with zero attached hydrogens (tertiary/aromatic N) is 1. The molecule has 0 radical (unpaired) electrons. The highest BCUT2D eigenvalue weighted by molar-refractivity contribution is 7.92. The van der Waals surface area contributed by atoms with Crippen LogP contribution in [0.2, 0.25) is 0 Å². The SMILES string of the molecule is CCOC1=C2C(=O)NC(c3ccc(NS(=O)(=O)CCCN(CC)CC)cc3)=C2C(=O)c2ccccc21. The third kappa shape index (κ3) is 5.08. The summed E-state index contributed by atoms with van der Waals surface area (Å²) in [6.45, 7) is 8.77. The van der Waals surface area contributed by atoms with Gasteiger partial charge in [-0.2, -0.15) is 0 Å². The van der Waals surface area contributed by atoms with Crippen molar-refractivity contribution in [1.29, 1.82) is 0 Å². The first kappa shape index (κ1) is 25.7. The molecule has 8 nitrogen and oxygen atoms in total. The minimum atomic E-state index is -3.50. The molecule has 1 amide bonds. The molecule has 1 heterocycles. The van der Waals surface area contributed by atoms with Gasteiger partial charge in [0, 0.05) is 16.8 Å². The van der Waals surface area contributed by atoms with Crippen molar-refractivity contribution in [3.05, 3.63) is 76.4 Å². The van der Waals surface area contributed by atoms with E-state index in [2.05, 4.69) is 28.8 Å². The number of Topliss-reactive ketones (excluding diaryl/α,β-unsaturated/α-hetero) is 1. The number of rotatable bonds is 11. The van der Waals surface area contributed by atoms with Crippen molar-refractivity contribution >= 4 is 38.9 Å². The Labute approximate surface area is 212 Å². The summed E-state index contributed by atoms with van der Waals surface area (Å²) in [5.74, 6) is -0.234. The van der Waals surface area contributed by atoms with Crippen LogP contribution in [0.25, 0.3) is 11.5 Å². The number of sulfonamides is 1. The molecule has 0 fully saturated rings. The van der Waals surface area contributed by atoms with Crippen molar-refractivity contribution in [3.8, 4) is 0 Å². The second-order valence-corrected chi connectivity index (χ2v) is 10.4. The Morgan fingerprint density at radius 2 is 1.58 bits per heavy atom. The lowest BCUT2D eigenvalue weighted by molar-refractivity contribution is -0.115. The minimum absolute atomic E-state index is 0.0267. The maximum Gasteiger partial charge on any atom is 0.260 e. The molecule has 1 aliphatic heterocycles. The van der Waals surface area contributed by atoms with E-state index in [1.54, 1.807) is 48.5 Å². The molecule has 0 bridgehead atoms. The molecule has 4 rings (SSSR count). The van der Waals surface area contributed by atoms with Crippen LogP contribution < -0.4 is 10.0 Å². The Morgan fingerprint density at radius 3 is 2.22 bits per heavy atom. The fourth-order valence-corrected chi connectivity index (χ4v) is 5.64. The summed E-state index contributed by atoms with van der Waals surface area (Å²) in [5.41, 5.74) is 2.98. The number of carbonyl (C=O) groups excluding carboxylic acids is 2. The second kappa shape index (κ2) is 10.7. The molecule has 0 saturated carbocycles. The number of amides is 1. The van der Waals surface area contributed by atoms with Crippen molar-refractivity contribution in [1.82, 2.24) is 10.2 Å². The van der Waals surface area contributed by atoms with Crippen LogP contribution >= 0.6 is 0 Å². The molecular weight excluding hydrogens is 478 g/mol. The van der Waals surface area contributed by atoms with Gasteiger partial charge >= 0.3 is 0 Å². The van der Waals surface area contributed by atoms with E-state index in [0.29, 0.717) is 46.9 Å². The van der Waals surface area contributed by atoms with E-state index < -0.39 is 15.9 Å². The molecule has 0 spiro atoms. The summed E-state index contributed by atoms with van der Waals surface area (Å²) in [4.78, 5) is 28.5. The van der Waals surface area contributed by atoms with Crippen molar-refractivity contribution in [2.45, 2.75) is 27.2 Å². The van der Waals surface area contributed by atoms with Gasteiger partial charge in [-0.1, -0.05) is 50.2 Å². The lowest BCUT2D eigenvalue weighted by Crippen LogP contribution is -2.27. The van der Waals surface area contributed by atoms with Crippen LogP contribution in [-0.2, 0) is 19.6 Å². The Kier molecular flexibility index (Phi) is 7.61. The molecule has 2 aliphatic rings. The molecule has 0 saturated heterocycles. The number of carbonyl (C=O) groups is 2. The average molecular weight is 510 g/mol. The van der Waals surface area contributed by atoms with Gasteiger partial charge in [0.1, 0.15) is 5.76 Å². The molecule has 2 aromatic rings. The number of anilines is 1. The summed E-state index contributed by atoms with van der Waals surface area (Å²) in [6, 6.07) is 13.7. The number of ether oxygens (including phenoxy) is 1. The molecule has 0 atom stereocenters. The number of hydrogen-bond acceptors (Lipinski definition) is 6.